The van der Waals surface area contributed by atoms with Gasteiger partial charge in [0.1, 0.15) is 11.5 Å². The molecule has 0 radical (unpaired) electrons. The highest BCUT2D eigenvalue weighted by molar-refractivity contribution is 7.90. The van der Waals surface area contributed by atoms with Crippen molar-refractivity contribution in [1.29, 1.82) is 0 Å². The number of nitrogens with one attached hydrogen (secondary N) is 1. The minimum absolute atomic E-state index is 0.0904. The number of hydrogen-bond donors (Lipinski definition) is 2. The second-order valence-electron chi connectivity index (χ2n) is 5.81. The van der Waals surface area contributed by atoms with Crippen LogP contribution < -0.4 is 11.1 Å². The highest BCUT2D eigenvalue weighted by Crippen LogP contribution is 2.17. The number of aliphatic imine (C=N–C) groups is 1. The summed E-state index contributed by atoms with van der Waals surface area (Å²) in [5, 5.41) is 3.04. The Kier molecular flexibility index (Phi) is 4.84. The summed E-state index contributed by atoms with van der Waals surface area (Å²) in [4.78, 5) is 12.3. The van der Waals surface area contributed by atoms with Gasteiger partial charge in [-0.15, -0.1) is 0 Å². The molecular formula is C16H19N5O3S. The van der Waals surface area contributed by atoms with Gasteiger partial charge >= 0.3 is 0 Å². The highest BCUT2D eigenvalue weighted by atomic mass is 32.2. The molecule has 0 amide bonds. The van der Waals surface area contributed by atoms with Gasteiger partial charge in [0.05, 0.1) is 18.4 Å². The van der Waals surface area contributed by atoms with Gasteiger partial charge in [-0.05, 0) is 30.5 Å². The van der Waals surface area contributed by atoms with E-state index in [1.54, 1.807) is 0 Å². The number of nitrogens with zero attached hydrogens (tertiary/aromatic N) is 3. The number of ether oxygens (including phenoxy) is 1. The summed E-state index contributed by atoms with van der Waals surface area (Å²) in [6.45, 7) is 0.548. The van der Waals surface area contributed by atoms with Crippen molar-refractivity contribution in [3.05, 3.63) is 42.2 Å². The van der Waals surface area contributed by atoms with Crippen molar-refractivity contribution in [2.24, 2.45) is 10.7 Å². The Hall–Kier alpha value is -2.68. The minimum atomic E-state index is -3.29. The van der Waals surface area contributed by atoms with Gasteiger partial charge in [-0.1, -0.05) is 12.1 Å². The van der Waals surface area contributed by atoms with Gasteiger partial charge in [0.15, 0.2) is 9.84 Å². The number of aromatic nitrogens is 2. The van der Waals surface area contributed by atoms with Gasteiger partial charge in [0.25, 0.3) is 6.02 Å². The molecule has 2 heterocycles. The smallest absolute Gasteiger partial charge is 0.282 e. The summed E-state index contributed by atoms with van der Waals surface area (Å²) < 4.78 is 27.9. The van der Waals surface area contributed by atoms with E-state index in [1.807, 2.05) is 24.3 Å². The van der Waals surface area contributed by atoms with E-state index in [-0.39, 0.29) is 17.0 Å². The predicted molar refractivity (Wildman–Crippen MR) is 94.5 cm³/mol. The standard InChI is InChI=1S/C16H19N5O3S/c1-25(22,23)14-8-18-16(19-9-14)21-12-5-2-11(3-6-12)4-7-13-10-24-15(17)20-13/h2-3,5-6,8-9,13H,4,7,10H2,1H3,(H2,17,20)(H,18,19,21). The first kappa shape index (κ1) is 17.2. The maximum Gasteiger partial charge on any atom is 0.282 e. The monoisotopic (exact) mass is 361 g/mol. The van der Waals surface area contributed by atoms with E-state index in [9.17, 15) is 8.42 Å². The Bertz CT molecular complexity index is 864. The summed E-state index contributed by atoms with van der Waals surface area (Å²) >= 11 is 0. The van der Waals surface area contributed by atoms with Crippen LogP contribution in [0.5, 0.6) is 0 Å². The molecule has 3 N–H and O–H groups in total. The molecule has 25 heavy (non-hydrogen) atoms. The Morgan fingerprint density at radius 1 is 1.24 bits per heavy atom. The third-order valence-corrected chi connectivity index (χ3v) is 4.83. The first-order valence-electron chi connectivity index (χ1n) is 7.74. The lowest BCUT2D eigenvalue weighted by molar-refractivity contribution is 0.308. The normalized spacial score (nSPS) is 17.0. The van der Waals surface area contributed by atoms with Gasteiger partial charge < -0.3 is 15.8 Å². The molecule has 2 aromatic rings. The van der Waals surface area contributed by atoms with E-state index in [0.29, 0.717) is 12.6 Å². The summed E-state index contributed by atoms with van der Waals surface area (Å²) in [5.41, 5.74) is 7.50. The maximum atomic E-state index is 11.4. The van der Waals surface area contributed by atoms with Gasteiger partial charge in [-0.3, -0.25) is 0 Å². The number of amidine groups is 1. The van der Waals surface area contributed by atoms with Crippen LogP contribution in [0, 0.1) is 0 Å². The summed E-state index contributed by atoms with van der Waals surface area (Å²) in [7, 11) is -3.29. The molecule has 0 fully saturated rings. The number of aryl methyl sites for hydroxylation is 1. The van der Waals surface area contributed by atoms with Crippen molar-refractivity contribution in [3.63, 3.8) is 0 Å². The molecule has 132 valence electrons. The van der Waals surface area contributed by atoms with Crippen molar-refractivity contribution in [2.75, 3.05) is 18.2 Å². The van der Waals surface area contributed by atoms with Crippen LogP contribution in [0.3, 0.4) is 0 Å². The van der Waals surface area contributed by atoms with Crippen molar-refractivity contribution < 1.29 is 13.2 Å². The Morgan fingerprint density at radius 3 is 2.48 bits per heavy atom. The van der Waals surface area contributed by atoms with E-state index in [0.717, 1.165) is 24.8 Å². The van der Waals surface area contributed by atoms with Crippen LogP contribution in [-0.4, -0.2) is 43.3 Å². The van der Waals surface area contributed by atoms with E-state index >= 15 is 0 Å². The lowest BCUT2D eigenvalue weighted by atomic mass is 10.1. The topological polar surface area (TPSA) is 120 Å². The molecule has 8 nitrogen and oxygen atoms in total. The molecule has 1 aliphatic heterocycles. The average Bonchev–Trinajstić information content (AvgIpc) is 2.99. The largest absolute Gasteiger partial charge is 0.463 e. The number of nitrogens with two attached hydrogens (primary N) is 1. The first-order chi connectivity index (χ1) is 11.9. The first-order valence-corrected chi connectivity index (χ1v) is 9.63. The number of hydrogen-bond acceptors (Lipinski definition) is 8. The minimum Gasteiger partial charge on any atom is -0.463 e. The Balaban J connectivity index is 1.57. The van der Waals surface area contributed by atoms with Crippen molar-refractivity contribution in [2.45, 2.75) is 23.8 Å². The molecule has 1 aromatic heterocycles. The molecule has 0 aliphatic carbocycles. The quantitative estimate of drug-likeness (QED) is 0.795. The fourth-order valence-corrected chi connectivity index (χ4v) is 2.86. The fraction of sp³-hybridized carbons (Fsp3) is 0.312. The molecule has 1 atom stereocenters. The maximum absolute atomic E-state index is 11.4. The van der Waals surface area contributed by atoms with Crippen molar-refractivity contribution in [3.8, 4) is 0 Å². The van der Waals surface area contributed by atoms with E-state index in [4.69, 9.17) is 10.5 Å². The molecule has 1 unspecified atom stereocenters. The molecule has 0 saturated carbocycles. The van der Waals surface area contributed by atoms with E-state index in [2.05, 4.69) is 20.3 Å². The summed E-state index contributed by atoms with van der Waals surface area (Å²) in [6.07, 6.45) is 5.45. The number of sulfone groups is 1. The zero-order valence-electron chi connectivity index (χ0n) is 13.7. The molecule has 3 rings (SSSR count). The van der Waals surface area contributed by atoms with Gasteiger partial charge in [0.2, 0.25) is 5.95 Å². The zero-order chi connectivity index (χ0) is 17.9. The number of benzene rings is 1. The van der Waals surface area contributed by atoms with Crippen molar-refractivity contribution in [1.82, 2.24) is 9.97 Å². The molecule has 0 spiro atoms. The number of rotatable bonds is 6. The SMILES string of the molecule is CS(=O)(=O)c1cnc(Nc2ccc(CCC3COC(N)=N3)cc2)nc1. The van der Waals surface area contributed by atoms with Crippen LogP contribution in [-0.2, 0) is 21.0 Å². The van der Waals surface area contributed by atoms with Crippen LogP contribution in [0.1, 0.15) is 12.0 Å². The fourth-order valence-electron chi connectivity index (χ4n) is 2.37. The second kappa shape index (κ2) is 7.06. The van der Waals surface area contributed by atoms with Crippen LogP contribution in [0.2, 0.25) is 0 Å². The zero-order valence-corrected chi connectivity index (χ0v) is 14.5. The molecule has 1 aliphatic rings. The number of anilines is 2. The third kappa shape index (κ3) is 4.66. The molecular weight excluding hydrogens is 342 g/mol. The molecule has 9 heteroatoms. The third-order valence-electron chi connectivity index (χ3n) is 3.77. The van der Waals surface area contributed by atoms with E-state index in [1.165, 1.54) is 18.0 Å². The van der Waals surface area contributed by atoms with Crippen LogP contribution in [0.4, 0.5) is 11.6 Å². The van der Waals surface area contributed by atoms with Crippen LogP contribution in [0.15, 0.2) is 46.5 Å². The molecule has 0 bridgehead atoms. The summed E-state index contributed by atoms with van der Waals surface area (Å²) in [6, 6.07) is 8.26. The molecule has 0 saturated heterocycles. The lowest BCUT2D eigenvalue weighted by Crippen LogP contribution is -2.10. The summed E-state index contributed by atoms with van der Waals surface area (Å²) in [5.74, 6) is 0.341. The Morgan fingerprint density at radius 2 is 1.92 bits per heavy atom. The van der Waals surface area contributed by atoms with Crippen LogP contribution in [0.25, 0.3) is 0 Å². The van der Waals surface area contributed by atoms with E-state index < -0.39 is 9.84 Å². The second-order valence-corrected chi connectivity index (χ2v) is 7.82. The molecule has 1 aromatic carbocycles. The highest BCUT2D eigenvalue weighted by Gasteiger charge is 2.16. The van der Waals surface area contributed by atoms with Gasteiger partial charge in [-0.2, -0.15) is 0 Å². The lowest BCUT2D eigenvalue weighted by Gasteiger charge is -2.08. The van der Waals surface area contributed by atoms with Crippen molar-refractivity contribution >= 4 is 27.5 Å². The van der Waals surface area contributed by atoms with Crippen LogP contribution >= 0.6 is 0 Å². The van der Waals surface area contributed by atoms with Gasteiger partial charge in [0, 0.05) is 11.9 Å². The predicted octanol–water partition coefficient (Wildman–Crippen LogP) is 1.27. The Labute approximate surface area is 146 Å². The average molecular weight is 361 g/mol. The van der Waals surface area contributed by atoms with Gasteiger partial charge in [-0.25, -0.2) is 23.4 Å².